The first-order valence-electron chi connectivity index (χ1n) is 7.53. The van der Waals surface area contributed by atoms with Crippen LogP contribution in [0.25, 0.3) is 0 Å². The minimum absolute atomic E-state index is 0.00635. The van der Waals surface area contributed by atoms with Crippen molar-refractivity contribution in [1.82, 2.24) is 16.0 Å². The fourth-order valence-corrected chi connectivity index (χ4v) is 2.59. The van der Waals surface area contributed by atoms with Gasteiger partial charge in [-0.3, -0.25) is 9.59 Å². The molecule has 7 nitrogen and oxygen atoms in total. The summed E-state index contributed by atoms with van der Waals surface area (Å²) in [5, 5.41) is 17.2. The normalized spacial score (nSPS) is 20.5. The van der Waals surface area contributed by atoms with E-state index in [0.29, 0.717) is 6.42 Å². The van der Waals surface area contributed by atoms with Gasteiger partial charge in [0.2, 0.25) is 11.8 Å². The number of rotatable bonds is 8. The van der Waals surface area contributed by atoms with Gasteiger partial charge in [0.05, 0.1) is 6.04 Å². The van der Waals surface area contributed by atoms with E-state index in [1.165, 1.54) is 0 Å². The van der Waals surface area contributed by atoms with Crippen LogP contribution in [0.4, 0.5) is 0 Å². The molecule has 0 aliphatic carbocycles. The number of carbonyl (C=O) groups is 3. The number of carbonyl (C=O) groups excluding carboxylic acids is 2. The number of aliphatic carboxylic acids is 1. The van der Waals surface area contributed by atoms with Crippen molar-refractivity contribution < 1.29 is 19.5 Å². The second-order valence-electron chi connectivity index (χ2n) is 5.92. The van der Waals surface area contributed by atoms with Crippen LogP contribution in [0.5, 0.6) is 0 Å². The van der Waals surface area contributed by atoms with Crippen LogP contribution in [0, 0.1) is 5.92 Å². The van der Waals surface area contributed by atoms with Gasteiger partial charge >= 0.3 is 5.97 Å². The number of hydrogen-bond donors (Lipinski definition) is 5. The predicted octanol–water partition coefficient (Wildman–Crippen LogP) is -0.231. The molecule has 0 radical (unpaired) electrons. The molecule has 1 heterocycles. The van der Waals surface area contributed by atoms with Crippen LogP contribution in [0.3, 0.4) is 0 Å². The third kappa shape index (κ3) is 5.84. The Bertz CT molecular complexity index is 411. The van der Waals surface area contributed by atoms with E-state index in [1.54, 1.807) is 0 Å². The molecule has 3 atom stereocenters. The molecule has 126 valence electrons. The number of nitrogens with one attached hydrogen (secondary N) is 3. The predicted molar refractivity (Wildman–Crippen MR) is 85.8 cm³/mol. The van der Waals surface area contributed by atoms with Crippen LogP contribution >= 0.6 is 12.6 Å². The Kier molecular flexibility index (Phi) is 7.67. The van der Waals surface area contributed by atoms with Gasteiger partial charge in [-0.05, 0) is 31.7 Å². The van der Waals surface area contributed by atoms with Gasteiger partial charge in [0.25, 0.3) is 0 Å². The van der Waals surface area contributed by atoms with Crippen LogP contribution in [0.1, 0.15) is 33.1 Å². The van der Waals surface area contributed by atoms with Crippen molar-refractivity contribution in [3.8, 4) is 0 Å². The third-order valence-corrected chi connectivity index (χ3v) is 3.88. The standard InChI is InChI=1S/C14H25N3O4S/c1-8(2)6-10(13(19)17-11(7-22)14(20)21)16-12(18)9-4-3-5-15-9/h8-11,15,22H,3-7H2,1-2H3,(H,16,18)(H,17,19)(H,20,21)/t9-,10-,11-/m0/s1. The number of hydrogen-bond acceptors (Lipinski definition) is 5. The van der Waals surface area contributed by atoms with Gasteiger partial charge in [-0.15, -0.1) is 0 Å². The van der Waals surface area contributed by atoms with E-state index >= 15 is 0 Å². The summed E-state index contributed by atoms with van der Waals surface area (Å²) in [6.45, 7) is 4.67. The zero-order valence-corrected chi connectivity index (χ0v) is 13.9. The highest BCUT2D eigenvalue weighted by molar-refractivity contribution is 7.80. The summed E-state index contributed by atoms with van der Waals surface area (Å²) in [5.74, 6) is -1.66. The van der Waals surface area contributed by atoms with Gasteiger partial charge in [-0.2, -0.15) is 12.6 Å². The summed E-state index contributed by atoms with van der Waals surface area (Å²) in [6.07, 6.45) is 2.12. The van der Waals surface area contributed by atoms with E-state index in [-0.39, 0.29) is 23.6 Å². The maximum absolute atomic E-state index is 12.3. The second kappa shape index (κ2) is 8.99. The Balaban J connectivity index is 2.67. The summed E-state index contributed by atoms with van der Waals surface area (Å²) in [6, 6.07) is -2.08. The van der Waals surface area contributed by atoms with Crippen LogP contribution in [-0.2, 0) is 14.4 Å². The first-order chi connectivity index (χ1) is 10.3. The van der Waals surface area contributed by atoms with Crippen molar-refractivity contribution in [3.05, 3.63) is 0 Å². The molecule has 1 fully saturated rings. The molecule has 0 aromatic heterocycles. The molecule has 1 rings (SSSR count). The van der Waals surface area contributed by atoms with E-state index in [1.807, 2.05) is 13.8 Å². The second-order valence-corrected chi connectivity index (χ2v) is 6.29. The van der Waals surface area contributed by atoms with E-state index in [9.17, 15) is 14.4 Å². The molecule has 0 spiro atoms. The molecule has 0 bridgehead atoms. The Labute approximate surface area is 136 Å². The van der Waals surface area contributed by atoms with Crippen molar-refractivity contribution in [2.45, 2.75) is 51.2 Å². The van der Waals surface area contributed by atoms with Gasteiger partial charge in [-0.25, -0.2) is 4.79 Å². The summed E-state index contributed by atoms with van der Waals surface area (Å²) < 4.78 is 0. The maximum Gasteiger partial charge on any atom is 0.327 e. The molecule has 1 aliphatic heterocycles. The van der Waals surface area contributed by atoms with Crippen molar-refractivity contribution in [2.24, 2.45) is 5.92 Å². The van der Waals surface area contributed by atoms with Crippen LogP contribution in [-0.4, -0.2) is 53.3 Å². The molecule has 0 aromatic rings. The summed E-state index contributed by atoms with van der Waals surface area (Å²) in [7, 11) is 0. The molecule has 0 aromatic carbocycles. The lowest BCUT2D eigenvalue weighted by Crippen LogP contribution is -2.55. The van der Waals surface area contributed by atoms with E-state index < -0.39 is 24.0 Å². The van der Waals surface area contributed by atoms with Crippen LogP contribution < -0.4 is 16.0 Å². The average molecular weight is 331 g/mol. The molecule has 8 heteroatoms. The molecule has 0 saturated carbocycles. The average Bonchev–Trinajstić information content (AvgIpc) is 2.96. The Morgan fingerprint density at radius 2 is 1.95 bits per heavy atom. The SMILES string of the molecule is CC(C)C[C@H](NC(=O)[C@@H]1CCCN1)C(=O)N[C@@H](CS)C(=O)O. The van der Waals surface area contributed by atoms with Crippen molar-refractivity contribution in [1.29, 1.82) is 0 Å². The van der Waals surface area contributed by atoms with E-state index in [2.05, 4.69) is 28.6 Å². The lowest BCUT2D eigenvalue weighted by atomic mass is 10.0. The molecule has 4 N–H and O–H groups in total. The van der Waals surface area contributed by atoms with Crippen molar-refractivity contribution >= 4 is 30.4 Å². The topological polar surface area (TPSA) is 108 Å². The molecule has 1 saturated heterocycles. The monoisotopic (exact) mass is 331 g/mol. The molecule has 2 amide bonds. The number of carboxylic acids is 1. The maximum atomic E-state index is 12.3. The molecule has 0 unspecified atom stereocenters. The fraction of sp³-hybridized carbons (Fsp3) is 0.786. The van der Waals surface area contributed by atoms with Crippen molar-refractivity contribution in [3.63, 3.8) is 0 Å². The zero-order valence-electron chi connectivity index (χ0n) is 13.0. The quantitative estimate of drug-likeness (QED) is 0.395. The zero-order chi connectivity index (χ0) is 16.7. The molecule has 1 aliphatic rings. The van der Waals surface area contributed by atoms with Gasteiger partial charge in [-0.1, -0.05) is 13.8 Å². The minimum Gasteiger partial charge on any atom is -0.480 e. The molecular formula is C14H25N3O4S. The third-order valence-electron chi connectivity index (χ3n) is 3.51. The smallest absolute Gasteiger partial charge is 0.327 e. The molecular weight excluding hydrogens is 306 g/mol. The summed E-state index contributed by atoms with van der Waals surface area (Å²) in [4.78, 5) is 35.4. The number of thiol groups is 1. The minimum atomic E-state index is -1.14. The van der Waals surface area contributed by atoms with E-state index in [0.717, 1.165) is 19.4 Å². The lowest BCUT2D eigenvalue weighted by molar-refractivity contribution is -0.141. The van der Waals surface area contributed by atoms with Crippen LogP contribution in [0.2, 0.25) is 0 Å². The first kappa shape index (κ1) is 18.8. The molecule has 22 heavy (non-hydrogen) atoms. The first-order valence-corrected chi connectivity index (χ1v) is 8.16. The van der Waals surface area contributed by atoms with Gasteiger partial charge in [0.15, 0.2) is 0 Å². The Morgan fingerprint density at radius 3 is 2.41 bits per heavy atom. The van der Waals surface area contributed by atoms with Gasteiger partial charge in [0.1, 0.15) is 12.1 Å². The highest BCUT2D eigenvalue weighted by Gasteiger charge is 2.29. The summed E-state index contributed by atoms with van der Waals surface area (Å²) in [5.41, 5.74) is 0. The fourth-order valence-electron chi connectivity index (χ4n) is 2.34. The van der Waals surface area contributed by atoms with Crippen molar-refractivity contribution in [2.75, 3.05) is 12.3 Å². The number of amides is 2. The number of carboxylic acid groups (broad SMARTS) is 1. The van der Waals surface area contributed by atoms with Gasteiger partial charge < -0.3 is 21.1 Å². The largest absolute Gasteiger partial charge is 0.480 e. The van der Waals surface area contributed by atoms with Crippen LogP contribution in [0.15, 0.2) is 0 Å². The highest BCUT2D eigenvalue weighted by atomic mass is 32.1. The highest BCUT2D eigenvalue weighted by Crippen LogP contribution is 2.09. The van der Waals surface area contributed by atoms with E-state index in [4.69, 9.17) is 5.11 Å². The summed E-state index contributed by atoms with van der Waals surface area (Å²) >= 11 is 3.92. The lowest BCUT2D eigenvalue weighted by Gasteiger charge is -2.23. The Hall–Kier alpha value is -1.28. The van der Waals surface area contributed by atoms with Gasteiger partial charge in [0, 0.05) is 5.75 Å². The Morgan fingerprint density at radius 1 is 1.27 bits per heavy atom.